The van der Waals surface area contributed by atoms with Crippen molar-refractivity contribution in [2.45, 2.75) is 70.8 Å². The Labute approximate surface area is 238 Å². The van der Waals surface area contributed by atoms with Gasteiger partial charge in [-0.2, -0.15) is 13.9 Å². The number of nitrogens with zero attached hydrogens (tertiary/aromatic N) is 3. The molecule has 220 valence electrons. The molecule has 0 aliphatic carbocycles. The Bertz CT molecular complexity index is 1180. The van der Waals surface area contributed by atoms with Crippen molar-refractivity contribution >= 4 is 30.0 Å². The molecule has 3 aliphatic heterocycles. The van der Waals surface area contributed by atoms with Crippen LogP contribution in [0.15, 0.2) is 24.4 Å². The first-order valence-electron chi connectivity index (χ1n) is 13.4. The molecule has 0 bridgehead atoms. The maximum absolute atomic E-state index is 11.9. The van der Waals surface area contributed by atoms with Crippen molar-refractivity contribution in [1.29, 1.82) is 0 Å². The van der Waals surface area contributed by atoms with Gasteiger partial charge in [0.1, 0.15) is 11.9 Å². The van der Waals surface area contributed by atoms with E-state index in [4.69, 9.17) is 26.2 Å². The van der Waals surface area contributed by atoms with Gasteiger partial charge in [-0.15, -0.1) is 0 Å². The monoisotopic (exact) mass is 582 g/mol. The number of hydrogen-bond donors (Lipinski definition) is 1. The summed E-state index contributed by atoms with van der Waals surface area (Å²) in [4.78, 5) is 24.3. The number of anilines is 1. The van der Waals surface area contributed by atoms with Gasteiger partial charge in [0.05, 0.1) is 29.7 Å². The topological polar surface area (TPSA) is 94.9 Å². The lowest BCUT2D eigenvalue weighted by molar-refractivity contribution is -0.123. The number of likely N-dealkylation sites (tertiary alicyclic amines) is 1. The van der Waals surface area contributed by atoms with Crippen LogP contribution in [0, 0.1) is 5.41 Å². The second kappa shape index (κ2) is 12.5. The number of hydrogen-bond acceptors (Lipinski definition) is 7. The summed E-state index contributed by atoms with van der Waals surface area (Å²) in [6, 6.07) is 4.01. The van der Waals surface area contributed by atoms with Crippen molar-refractivity contribution in [2.24, 2.45) is 5.41 Å². The number of fused-ring (bicyclic) bond motifs is 1. The van der Waals surface area contributed by atoms with Gasteiger partial charge in [0.15, 0.2) is 5.75 Å². The van der Waals surface area contributed by atoms with Crippen LogP contribution in [0.1, 0.15) is 57.7 Å². The van der Waals surface area contributed by atoms with Crippen molar-refractivity contribution in [2.75, 3.05) is 38.2 Å². The highest BCUT2D eigenvalue weighted by Crippen LogP contribution is 2.41. The van der Waals surface area contributed by atoms with Crippen LogP contribution in [0.5, 0.6) is 5.75 Å². The van der Waals surface area contributed by atoms with E-state index in [2.05, 4.69) is 40.4 Å². The average molecular weight is 583 g/mol. The van der Waals surface area contributed by atoms with Gasteiger partial charge in [-0.25, -0.2) is 0 Å². The van der Waals surface area contributed by atoms with E-state index in [1.54, 1.807) is 0 Å². The average Bonchev–Trinajstić information content (AvgIpc) is 3.49. The van der Waals surface area contributed by atoms with E-state index < -0.39 is 6.61 Å². The molecule has 1 aromatic carbocycles. The number of rotatable bonds is 8. The molecule has 0 spiro atoms. The van der Waals surface area contributed by atoms with Gasteiger partial charge in [0.2, 0.25) is 6.41 Å². The molecule has 9 nitrogen and oxygen atoms in total. The van der Waals surface area contributed by atoms with Crippen LogP contribution >= 0.6 is 11.6 Å². The van der Waals surface area contributed by atoms with Gasteiger partial charge < -0.3 is 29.2 Å². The summed E-state index contributed by atoms with van der Waals surface area (Å²) >= 11 is 5.56. The highest BCUT2D eigenvalue weighted by Gasteiger charge is 2.43. The minimum atomic E-state index is -2.96. The zero-order valence-electron chi connectivity index (χ0n) is 23.1. The first-order chi connectivity index (χ1) is 19.0. The van der Waals surface area contributed by atoms with Gasteiger partial charge in [0, 0.05) is 54.9 Å². The highest BCUT2D eigenvalue weighted by atomic mass is 35.5. The molecule has 5 rings (SSSR count). The quantitative estimate of drug-likeness (QED) is 0.439. The predicted molar refractivity (Wildman–Crippen MR) is 146 cm³/mol. The number of ether oxygens (including phenoxy) is 3. The van der Waals surface area contributed by atoms with Gasteiger partial charge in [-0.3, -0.25) is 9.48 Å². The van der Waals surface area contributed by atoms with Crippen LogP contribution in [0.4, 0.5) is 14.5 Å². The molecule has 1 amide bonds. The highest BCUT2D eigenvalue weighted by molar-refractivity contribution is 6.30. The lowest BCUT2D eigenvalue weighted by Crippen LogP contribution is -2.50. The Hall–Kier alpha value is -2.60. The zero-order valence-corrected chi connectivity index (χ0v) is 23.9. The van der Waals surface area contributed by atoms with Crippen molar-refractivity contribution < 1.29 is 32.6 Å². The van der Waals surface area contributed by atoms with Gasteiger partial charge in [0.25, 0.3) is 0 Å². The van der Waals surface area contributed by atoms with Gasteiger partial charge in [-0.1, -0.05) is 11.6 Å². The minimum absolute atomic E-state index is 0.0130. The Morgan fingerprint density at radius 2 is 1.85 bits per heavy atom. The Kier molecular flexibility index (Phi) is 9.49. The van der Waals surface area contributed by atoms with E-state index in [0.29, 0.717) is 26.2 Å². The number of halogens is 3. The molecule has 0 atom stereocenters. The number of carbonyl (C=O) groups excluding carboxylic acids is 2. The molecule has 1 aromatic heterocycles. The third-order valence-electron chi connectivity index (χ3n) is 8.10. The van der Waals surface area contributed by atoms with E-state index >= 15 is 0 Å². The first-order valence-corrected chi connectivity index (χ1v) is 13.8. The SMILES string of the molecule is CC1(C)OCc2cnn(C3(C)CCN(CC4(C=O)CCOCC4)CC3)c21.O=CNc1ccc(Cl)cc1OC(F)F. The number of aromatic nitrogens is 2. The molecular formula is C28H37ClF2N4O5. The minimum Gasteiger partial charge on any atom is -0.433 e. The third-order valence-corrected chi connectivity index (χ3v) is 8.33. The molecular weight excluding hydrogens is 546 g/mol. The molecule has 2 saturated heterocycles. The molecule has 40 heavy (non-hydrogen) atoms. The number of benzene rings is 1. The number of nitrogens with one attached hydrogen (secondary N) is 1. The van der Waals surface area contributed by atoms with Crippen LogP contribution in [0.25, 0.3) is 0 Å². The molecule has 0 unspecified atom stereocenters. The number of amides is 1. The zero-order chi connectivity index (χ0) is 29.0. The molecule has 0 radical (unpaired) electrons. The summed E-state index contributed by atoms with van der Waals surface area (Å²) in [6.07, 6.45) is 7.31. The Balaban J connectivity index is 0.000000224. The van der Waals surface area contributed by atoms with E-state index in [1.807, 2.05) is 6.20 Å². The third kappa shape index (κ3) is 6.82. The van der Waals surface area contributed by atoms with Crippen molar-refractivity contribution in [3.63, 3.8) is 0 Å². The lowest BCUT2D eigenvalue weighted by Gasteiger charge is -2.44. The molecule has 3 aliphatic rings. The maximum atomic E-state index is 11.9. The molecule has 12 heteroatoms. The van der Waals surface area contributed by atoms with Crippen LogP contribution in [-0.4, -0.2) is 66.8 Å². The number of alkyl halides is 2. The first kappa shape index (κ1) is 30.4. The summed E-state index contributed by atoms with van der Waals surface area (Å²) in [5, 5.41) is 7.20. The summed E-state index contributed by atoms with van der Waals surface area (Å²) in [7, 11) is 0. The van der Waals surface area contributed by atoms with Crippen molar-refractivity contribution in [1.82, 2.24) is 14.7 Å². The summed E-state index contributed by atoms with van der Waals surface area (Å²) < 4.78 is 41.6. The van der Waals surface area contributed by atoms with Crippen LogP contribution in [0.2, 0.25) is 5.02 Å². The predicted octanol–water partition coefficient (Wildman–Crippen LogP) is 4.96. The van der Waals surface area contributed by atoms with Gasteiger partial charge >= 0.3 is 6.61 Å². The largest absolute Gasteiger partial charge is 0.433 e. The Morgan fingerprint density at radius 3 is 2.48 bits per heavy atom. The van der Waals surface area contributed by atoms with Crippen LogP contribution < -0.4 is 10.1 Å². The van der Waals surface area contributed by atoms with E-state index in [-0.39, 0.29) is 33.0 Å². The number of aldehydes is 1. The fourth-order valence-electron chi connectivity index (χ4n) is 5.68. The summed E-state index contributed by atoms with van der Waals surface area (Å²) in [5.74, 6) is -0.167. The maximum Gasteiger partial charge on any atom is 0.387 e. The van der Waals surface area contributed by atoms with E-state index in [1.165, 1.54) is 35.7 Å². The van der Waals surface area contributed by atoms with E-state index in [0.717, 1.165) is 45.3 Å². The molecule has 2 fully saturated rings. The van der Waals surface area contributed by atoms with E-state index in [9.17, 15) is 18.4 Å². The normalized spacial score (nSPS) is 21.2. The summed E-state index contributed by atoms with van der Waals surface area (Å²) in [5.41, 5.74) is 2.14. The second-order valence-corrected chi connectivity index (χ2v) is 11.8. The summed E-state index contributed by atoms with van der Waals surface area (Å²) in [6.45, 7) is 8.57. The van der Waals surface area contributed by atoms with Crippen molar-refractivity contribution in [3.8, 4) is 5.75 Å². The standard InChI is InChI=1S/C20H31N3O3.C8H6ClF2NO2/c1-18(2)17-16(13-26-18)12-21-23(17)19(3)4-8-22(9-5-19)14-20(15-24)6-10-25-11-7-20;9-5-1-2-6(12-4-13)7(3-5)14-8(10)11/h12,15H,4-11,13-14H2,1-3H3;1-4,8H,(H,12,13). The van der Waals surface area contributed by atoms with Crippen molar-refractivity contribution in [3.05, 3.63) is 40.7 Å². The smallest absolute Gasteiger partial charge is 0.387 e. The molecule has 1 N–H and O–H groups in total. The Morgan fingerprint density at radius 1 is 1.15 bits per heavy atom. The second-order valence-electron chi connectivity index (χ2n) is 11.4. The van der Waals surface area contributed by atoms with Crippen LogP contribution in [0.3, 0.4) is 0 Å². The number of piperidine rings is 1. The van der Waals surface area contributed by atoms with Gasteiger partial charge in [-0.05, 0) is 58.6 Å². The molecule has 0 saturated carbocycles. The number of carbonyl (C=O) groups is 2. The fourth-order valence-corrected chi connectivity index (χ4v) is 5.84. The lowest BCUT2D eigenvalue weighted by atomic mass is 9.80. The fraction of sp³-hybridized carbons (Fsp3) is 0.607. The molecule has 2 aromatic rings. The van der Waals surface area contributed by atoms with Crippen LogP contribution in [-0.2, 0) is 36.8 Å². The molecule has 4 heterocycles.